The third-order valence-electron chi connectivity index (χ3n) is 7.20. The lowest BCUT2D eigenvalue weighted by molar-refractivity contribution is -0.212. The zero-order chi connectivity index (χ0) is 27.0. The molecular weight excluding hydrogens is 497 g/mol. The van der Waals surface area contributed by atoms with E-state index in [2.05, 4.69) is 15.2 Å². The first-order valence-electron chi connectivity index (χ1n) is 12.4. The fraction of sp³-hybridized carbons (Fsp3) is 0.423. The summed E-state index contributed by atoms with van der Waals surface area (Å²) in [5, 5.41) is 49.6. The molecule has 2 aliphatic heterocycles. The van der Waals surface area contributed by atoms with Crippen LogP contribution in [0.5, 0.6) is 5.75 Å². The van der Waals surface area contributed by atoms with Crippen molar-refractivity contribution >= 4 is 11.6 Å². The average Bonchev–Trinajstić information content (AvgIpc) is 3.39. The smallest absolute Gasteiger partial charge is 0.254 e. The summed E-state index contributed by atoms with van der Waals surface area (Å²) in [4.78, 5) is 17.3. The molecule has 2 aliphatic rings. The van der Waals surface area contributed by atoms with Crippen molar-refractivity contribution in [3.8, 4) is 17.0 Å². The molecule has 1 unspecified atom stereocenters. The van der Waals surface area contributed by atoms with Gasteiger partial charge in [-0.2, -0.15) is 0 Å². The highest BCUT2D eigenvalue weighted by atomic mass is 19.1. The molecule has 3 heterocycles. The summed E-state index contributed by atoms with van der Waals surface area (Å²) in [6.45, 7) is 2.72. The van der Waals surface area contributed by atoms with Crippen LogP contribution in [0, 0.1) is 5.82 Å². The fourth-order valence-corrected chi connectivity index (χ4v) is 5.17. The van der Waals surface area contributed by atoms with E-state index >= 15 is 0 Å². The monoisotopic (exact) mass is 527 g/mol. The van der Waals surface area contributed by atoms with Crippen molar-refractivity contribution < 1.29 is 34.3 Å². The van der Waals surface area contributed by atoms with Gasteiger partial charge in [-0.25, -0.2) is 9.07 Å². The summed E-state index contributed by atoms with van der Waals surface area (Å²) in [5.41, 5.74) is 1.69. The molecule has 4 N–H and O–H groups in total. The van der Waals surface area contributed by atoms with Crippen molar-refractivity contribution in [2.75, 3.05) is 31.1 Å². The van der Waals surface area contributed by atoms with E-state index in [1.807, 2.05) is 19.1 Å². The number of phenolic OH excluding ortho intramolecular Hbond substituents is 1. The minimum absolute atomic E-state index is 0.171. The lowest BCUT2D eigenvalue weighted by atomic mass is 9.91. The minimum atomic E-state index is -1.50. The number of aliphatic hydroxyl groups is 3. The van der Waals surface area contributed by atoms with E-state index in [0.29, 0.717) is 30.9 Å². The summed E-state index contributed by atoms with van der Waals surface area (Å²) >= 11 is 0. The average molecular weight is 528 g/mol. The molecule has 1 aromatic heterocycles. The second-order valence-corrected chi connectivity index (χ2v) is 9.69. The van der Waals surface area contributed by atoms with E-state index in [9.17, 15) is 29.6 Å². The summed E-state index contributed by atoms with van der Waals surface area (Å²) in [7, 11) is 0. The maximum absolute atomic E-state index is 13.7. The van der Waals surface area contributed by atoms with Gasteiger partial charge in [-0.1, -0.05) is 17.3 Å². The van der Waals surface area contributed by atoms with Gasteiger partial charge in [0.2, 0.25) is 0 Å². The van der Waals surface area contributed by atoms with Crippen LogP contribution in [-0.4, -0.2) is 103 Å². The Labute approximate surface area is 218 Å². The molecule has 11 nitrogen and oxygen atoms in total. The zero-order valence-electron chi connectivity index (χ0n) is 20.7. The molecule has 38 heavy (non-hydrogen) atoms. The number of benzene rings is 2. The maximum atomic E-state index is 13.7. The third-order valence-corrected chi connectivity index (χ3v) is 7.20. The third kappa shape index (κ3) is 4.95. The number of hydrogen-bond acceptors (Lipinski definition) is 9. The van der Waals surface area contributed by atoms with E-state index < -0.39 is 48.8 Å². The number of phenols is 1. The number of carbonyl (C=O) groups excluding carboxylic acids is 1. The largest absolute Gasteiger partial charge is 0.508 e. The number of anilines is 1. The molecule has 6 atom stereocenters. The van der Waals surface area contributed by atoms with Crippen LogP contribution in [0.4, 0.5) is 10.1 Å². The summed E-state index contributed by atoms with van der Waals surface area (Å²) < 4.78 is 20.6. The first kappa shape index (κ1) is 26.0. The summed E-state index contributed by atoms with van der Waals surface area (Å²) in [6.07, 6.45) is -3.93. The number of hydrogen-bond donors (Lipinski definition) is 4. The molecule has 12 heteroatoms. The molecule has 2 aromatic carbocycles. The number of piperazine rings is 1. The molecule has 0 spiro atoms. The number of aromatic hydroxyl groups is 1. The summed E-state index contributed by atoms with van der Waals surface area (Å²) in [6, 6.07) is 11.2. The van der Waals surface area contributed by atoms with Gasteiger partial charge < -0.3 is 35.0 Å². The van der Waals surface area contributed by atoms with Crippen LogP contribution in [0.1, 0.15) is 13.0 Å². The Balaban J connectivity index is 1.35. The van der Waals surface area contributed by atoms with Crippen molar-refractivity contribution in [2.24, 2.45) is 0 Å². The quantitative estimate of drug-likeness (QED) is 0.374. The molecule has 0 saturated carbocycles. The molecule has 0 bridgehead atoms. The normalized spacial score (nSPS) is 27.9. The van der Waals surface area contributed by atoms with Gasteiger partial charge in [0.15, 0.2) is 6.10 Å². The predicted molar refractivity (Wildman–Crippen MR) is 134 cm³/mol. The lowest BCUT2D eigenvalue weighted by Gasteiger charge is -2.46. The predicted octanol–water partition coefficient (Wildman–Crippen LogP) is 0.550. The van der Waals surface area contributed by atoms with Gasteiger partial charge in [0.1, 0.15) is 41.6 Å². The van der Waals surface area contributed by atoms with Crippen LogP contribution in [0.3, 0.4) is 0 Å². The lowest BCUT2D eigenvalue weighted by Crippen LogP contribution is -2.63. The molecule has 5 rings (SSSR count). The van der Waals surface area contributed by atoms with E-state index in [-0.39, 0.29) is 11.8 Å². The molecule has 2 saturated heterocycles. The van der Waals surface area contributed by atoms with Gasteiger partial charge in [-0.05, 0) is 43.3 Å². The number of aliphatic hydroxyl groups excluding tert-OH is 3. The number of ether oxygens (including phenoxy) is 1. The highest BCUT2D eigenvalue weighted by Crippen LogP contribution is 2.33. The standard InChI is InChI=1S/C26H30FN5O6/c1-15-12-30(18-5-7-19(34)8-6-18)9-10-31(15)26(37)25-24(36)22(23(35)21(14-33)38-25)32-13-20(28-29-32)16-3-2-4-17(27)11-16/h2-8,11,13,15,21-25,33-36H,9-10,12,14H2,1H3/t15?,21-,22+,23+,24-,25-/m1/s1. The van der Waals surface area contributed by atoms with Crippen molar-refractivity contribution in [3.05, 3.63) is 60.5 Å². The zero-order valence-corrected chi connectivity index (χ0v) is 20.7. The number of aromatic nitrogens is 3. The Morgan fingerprint density at radius 3 is 2.58 bits per heavy atom. The highest BCUT2D eigenvalue weighted by Gasteiger charge is 2.50. The SMILES string of the molecule is CC1CN(c2ccc(O)cc2)CCN1C(=O)[C@@H]1O[C@H](CO)[C@H](O)[C@H](n2cc(-c3cccc(F)c3)nn2)[C@H]1O. The number of amides is 1. The van der Waals surface area contributed by atoms with E-state index in [1.54, 1.807) is 23.1 Å². The second kappa shape index (κ2) is 10.7. The van der Waals surface area contributed by atoms with Gasteiger partial charge in [0.25, 0.3) is 5.91 Å². The highest BCUT2D eigenvalue weighted by molar-refractivity contribution is 5.82. The minimum Gasteiger partial charge on any atom is -0.508 e. The van der Waals surface area contributed by atoms with Crippen molar-refractivity contribution in [3.63, 3.8) is 0 Å². The Hall–Kier alpha value is -3.58. The molecule has 0 aliphatic carbocycles. The second-order valence-electron chi connectivity index (χ2n) is 9.69. The fourth-order valence-electron chi connectivity index (χ4n) is 5.17. The van der Waals surface area contributed by atoms with Crippen LogP contribution in [-0.2, 0) is 9.53 Å². The molecular formula is C26H30FN5O6. The summed E-state index contributed by atoms with van der Waals surface area (Å²) in [5.74, 6) is -0.741. The first-order valence-corrected chi connectivity index (χ1v) is 12.4. The van der Waals surface area contributed by atoms with Gasteiger partial charge in [-0.3, -0.25) is 4.79 Å². The first-order chi connectivity index (χ1) is 18.3. The number of carbonyl (C=O) groups is 1. The van der Waals surface area contributed by atoms with Crippen molar-refractivity contribution in [1.29, 1.82) is 0 Å². The number of halogens is 1. The Kier molecular flexibility index (Phi) is 7.30. The van der Waals surface area contributed by atoms with Gasteiger partial charge in [0, 0.05) is 36.9 Å². The van der Waals surface area contributed by atoms with Crippen molar-refractivity contribution in [2.45, 2.75) is 43.4 Å². The Morgan fingerprint density at radius 1 is 1.13 bits per heavy atom. The molecule has 1 amide bonds. The van der Waals surface area contributed by atoms with Gasteiger partial charge in [0.05, 0.1) is 12.8 Å². The van der Waals surface area contributed by atoms with Crippen molar-refractivity contribution in [1.82, 2.24) is 19.9 Å². The van der Waals surface area contributed by atoms with Crippen LogP contribution in [0.25, 0.3) is 11.3 Å². The van der Waals surface area contributed by atoms with E-state index in [4.69, 9.17) is 4.74 Å². The number of rotatable bonds is 5. The van der Waals surface area contributed by atoms with Crippen LogP contribution >= 0.6 is 0 Å². The van der Waals surface area contributed by atoms with Crippen LogP contribution in [0.15, 0.2) is 54.7 Å². The van der Waals surface area contributed by atoms with Crippen LogP contribution < -0.4 is 4.90 Å². The molecule has 2 fully saturated rings. The van der Waals surface area contributed by atoms with Crippen LogP contribution in [0.2, 0.25) is 0 Å². The van der Waals surface area contributed by atoms with Gasteiger partial charge in [-0.15, -0.1) is 5.10 Å². The Morgan fingerprint density at radius 2 is 1.89 bits per heavy atom. The molecule has 0 radical (unpaired) electrons. The molecule has 3 aromatic rings. The van der Waals surface area contributed by atoms with Gasteiger partial charge >= 0.3 is 0 Å². The number of nitrogens with zero attached hydrogens (tertiary/aromatic N) is 5. The maximum Gasteiger partial charge on any atom is 0.254 e. The van der Waals surface area contributed by atoms with E-state index in [0.717, 1.165) is 5.69 Å². The molecule has 202 valence electrons. The Bertz CT molecular complexity index is 1270. The van der Waals surface area contributed by atoms with E-state index in [1.165, 1.54) is 29.1 Å². The topological polar surface area (TPSA) is 144 Å².